The van der Waals surface area contributed by atoms with Gasteiger partial charge in [-0.1, -0.05) is 12.1 Å². The predicted molar refractivity (Wildman–Crippen MR) is 140 cm³/mol. The number of pyridine rings is 1. The smallest absolute Gasteiger partial charge is 0.271 e. The van der Waals surface area contributed by atoms with Gasteiger partial charge >= 0.3 is 0 Å². The quantitative estimate of drug-likeness (QED) is 0.390. The average molecular weight is 515 g/mol. The maximum Gasteiger partial charge on any atom is 0.271 e. The number of amides is 1. The summed E-state index contributed by atoms with van der Waals surface area (Å²) in [4.78, 5) is 28.6. The standard InChI is InChI=1S/C17H16N4O.C11H8F2N2O/c18-10-14-5-6-19-11-15(14)13-3-4-16(20-12-22)17(9-13)21-7-1-2-8-21;1-7-5-6-10(16)15(14-7)11-8(12)3-2-4-9(11)13/h3-6,9,11-12H,1-2,7-8H2,(H,20,22);2-6H,1H3. The second-order valence-corrected chi connectivity index (χ2v) is 8.52. The van der Waals surface area contributed by atoms with Crippen LogP contribution in [-0.2, 0) is 4.79 Å². The topological polar surface area (TPSA) is 104 Å². The van der Waals surface area contributed by atoms with Gasteiger partial charge in [-0.05, 0) is 61.7 Å². The minimum atomic E-state index is -0.819. The summed E-state index contributed by atoms with van der Waals surface area (Å²) in [5.74, 6) is -1.64. The number of halogens is 2. The van der Waals surface area contributed by atoms with Crippen molar-refractivity contribution >= 4 is 17.8 Å². The highest BCUT2D eigenvalue weighted by molar-refractivity contribution is 5.85. The van der Waals surface area contributed by atoms with Gasteiger partial charge in [0.2, 0.25) is 6.41 Å². The zero-order valence-corrected chi connectivity index (χ0v) is 20.6. The second kappa shape index (κ2) is 11.9. The molecule has 1 fully saturated rings. The summed E-state index contributed by atoms with van der Waals surface area (Å²) >= 11 is 0. The Kier molecular flexibility index (Phi) is 8.18. The number of benzene rings is 2. The molecule has 2 aromatic heterocycles. The molecule has 2 aromatic carbocycles. The van der Waals surface area contributed by atoms with E-state index in [2.05, 4.69) is 26.4 Å². The Bertz CT molecular complexity index is 1540. The minimum Gasteiger partial charge on any atom is -0.370 e. The summed E-state index contributed by atoms with van der Waals surface area (Å²) in [5, 5.41) is 15.8. The molecule has 5 rings (SSSR count). The number of carbonyl (C=O) groups excluding carboxylic acids is 1. The first-order valence-electron chi connectivity index (χ1n) is 11.9. The Balaban J connectivity index is 0.000000186. The van der Waals surface area contributed by atoms with Crippen LogP contribution in [0.4, 0.5) is 20.2 Å². The number of nitrogens with zero attached hydrogens (tertiary/aromatic N) is 5. The van der Waals surface area contributed by atoms with Crippen molar-refractivity contribution in [2.75, 3.05) is 23.3 Å². The van der Waals surface area contributed by atoms with Crippen LogP contribution in [0.1, 0.15) is 24.1 Å². The molecule has 0 spiro atoms. The number of aromatic nitrogens is 3. The molecular weight excluding hydrogens is 490 g/mol. The highest BCUT2D eigenvalue weighted by atomic mass is 19.1. The molecule has 1 aliphatic heterocycles. The zero-order valence-electron chi connectivity index (χ0n) is 20.6. The Morgan fingerprint density at radius 3 is 2.47 bits per heavy atom. The van der Waals surface area contributed by atoms with Crippen molar-refractivity contribution in [2.24, 2.45) is 0 Å². The summed E-state index contributed by atoms with van der Waals surface area (Å²) in [6.45, 7) is 3.60. The number of rotatable bonds is 5. The molecule has 4 aromatic rings. The summed E-state index contributed by atoms with van der Waals surface area (Å²) < 4.78 is 27.5. The number of hydrogen-bond donors (Lipinski definition) is 1. The molecule has 1 N–H and O–H groups in total. The minimum absolute atomic E-state index is 0.448. The van der Waals surface area contributed by atoms with Crippen molar-refractivity contribution in [1.29, 1.82) is 5.26 Å². The normalized spacial score (nSPS) is 12.3. The van der Waals surface area contributed by atoms with Crippen LogP contribution in [0.5, 0.6) is 0 Å². The van der Waals surface area contributed by atoms with Crippen LogP contribution in [-0.4, -0.2) is 34.3 Å². The fourth-order valence-electron chi connectivity index (χ4n) is 4.18. The van der Waals surface area contributed by atoms with Gasteiger partial charge in [0, 0.05) is 37.1 Å². The molecule has 1 amide bonds. The summed E-state index contributed by atoms with van der Waals surface area (Å²) in [7, 11) is 0. The molecule has 1 aliphatic rings. The average Bonchev–Trinajstić information content (AvgIpc) is 3.46. The molecule has 0 radical (unpaired) electrons. The Morgan fingerprint density at radius 2 is 1.79 bits per heavy atom. The first-order valence-corrected chi connectivity index (χ1v) is 11.9. The number of hydrogen-bond acceptors (Lipinski definition) is 6. The lowest BCUT2D eigenvalue weighted by molar-refractivity contribution is -0.105. The van der Waals surface area contributed by atoms with E-state index in [0.29, 0.717) is 17.7 Å². The van der Waals surface area contributed by atoms with Crippen LogP contribution in [0.3, 0.4) is 0 Å². The lowest BCUT2D eigenvalue weighted by Crippen LogP contribution is -2.22. The second-order valence-electron chi connectivity index (χ2n) is 8.52. The molecule has 10 heteroatoms. The summed E-state index contributed by atoms with van der Waals surface area (Å²) in [5.41, 5.74) is 3.61. The number of aryl methyl sites for hydroxylation is 1. The molecule has 1 saturated heterocycles. The number of anilines is 2. The lowest BCUT2D eigenvalue weighted by atomic mass is 10.0. The van der Waals surface area contributed by atoms with E-state index in [1.54, 1.807) is 25.4 Å². The predicted octanol–water partition coefficient (Wildman–Crippen LogP) is 4.61. The van der Waals surface area contributed by atoms with E-state index in [1.807, 2.05) is 18.2 Å². The molecule has 0 aliphatic carbocycles. The van der Waals surface area contributed by atoms with E-state index in [1.165, 1.54) is 18.2 Å². The van der Waals surface area contributed by atoms with Gasteiger partial charge in [-0.15, -0.1) is 0 Å². The summed E-state index contributed by atoms with van der Waals surface area (Å²) in [6.07, 6.45) is 6.32. The molecule has 8 nitrogen and oxygen atoms in total. The third kappa shape index (κ3) is 5.73. The van der Waals surface area contributed by atoms with Crippen LogP contribution < -0.4 is 15.8 Å². The Hall–Kier alpha value is -4.91. The van der Waals surface area contributed by atoms with Crippen LogP contribution in [0, 0.1) is 29.9 Å². The molecule has 192 valence electrons. The van der Waals surface area contributed by atoms with Crippen LogP contribution in [0.2, 0.25) is 0 Å². The van der Waals surface area contributed by atoms with Crippen LogP contribution in [0.25, 0.3) is 16.8 Å². The van der Waals surface area contributed by atoms with Crippen molar-refractivity contribution in [3.8, 4) is 22.9 Å². The van der Waals surface area contributed by atoms with Gasteiger partial charge in [-0.2, -0.15) is 15.0 Å². The van der Waals surface area contributed by atoms with Crippen molar-refractivity contribution < 1.29 is 13.6 Å². The third-order valence-electron chi connectivity index (χ3n) is 5.99. The number of carbonyl (C=O) groups is 1. The van der Waals surface area contributed by atoms with Gasteiger partial charge in [-0.3, -0.25) is 14.6 Å². The van der Waals surface area contributed by atoms with Gasteiger partial charge in [0.15, 0.2) is 11.6 Å². The Labute approximate surface area is 217 Å². The SMILES string of the molecule is Cc1ccc(=O)n(-c2c(F)cccc2F)n1.N#Cc1ccncc1-c1ccc(NC=O)c(N2CCCC2)c1. The van der Waals surface area contributed by atoms with E-state index in [0.717, 1.165) is 65.2 Å². The fourth-order valence-corrected chi connectivity index (χ4v) is 4.18. The monoisotopic (exact) mass is 514 g/mol. The van der Waals surface area contributed by atoms with Gasteiger partial charge in [0.1, 0.15) is 5.69 Å². The molecule has 38 heavy (non-hydrogen) atoms. The van der Waals surface area contributed by atoms with E-state index in [4.69, 9.17) is 0 Å². The lowest BCUT2D eigenvalue weighted by Gasteiger charge is -2.22. The number of nitrogens with one attached hydrogen (secondary N) is 1. The zero-order chi connectivity index (χ0) is 27.1. The van der Waals surface area contributed by atoms with Crippen LogP contribution in [0.15, 0.2) is 71.8 Å². The van der Waals surface area contributed by atoms with E-state index < -0.39 is 22.9 Å². The van der Waals surface area contributed by atoms with Gasteiger partial charge < -0.3 is 10.2 Å². The number of para-hydroxylation sites is 1. The maximum atomic E-state index is 13.4. The molecular formula is C28H24F2N6O2. The first kappa shape index (κ1) is 26.2. The van der Waals surface area contributed by atoms with Gasteiger partial charge in [-0.25, -0.2) is 8.78 Å². The van der Waals surface area contributed by atoms with Crippen molar-refractivity contribution in [3.63, 3.8) is 0 Å². The first-order chi connectivity index (χ1) is 18.4. The van der Waals surface area contributed by atoms with Crippen LogP contribution >= 0.6 is 0 Å². The van der Waals surface area contributed by atoms with E-state index in [9.17, 15) is 23.6 Å². The van der Waals surface area contributed by atoms with E-state index >= 15 is 0 Å². The van der Waals surface area contributed by atoms with Gasteiger partial charge in [0.05, 0.1) is 28.7 Å². The fraction of sp³-hybridized carbons (Fsp3) is 0.179. The number of nitriles is 1. The maximum absolute atomic E-state index is 13.4. The molecule has 0 unspecified atom stereocenters. The third-order valence-corrected chi connectivity index (χ3v) is 5.99. The summed E-state index contributed by atoms with van der Waals surface area (Å²) in [6, 6.07) is 15.8. The highest BCUT2D eigenvalue weighted by Crippen LogP contribution is 2.34. The van der Waals surface area contributed by atoms with Crippen molar-refractivity contribution in [1.82, 2.24) is 14.8 Å². The molecule has 0 atom stereocenters. The highest BCUT2D eigenvalue weighted by Gasteiger charge is 2.17. The Morgan fingerprint density at radius 1 is 1.05 bits per heavy atom. The molecule has 0 saturated carbocycles. The van der Waals surface area contributed by atoms with Crippen molar-refractivity contribution in [3.05, 3.63) is 100 Å². The van der Waals surface area contributed by atoms with Crippen molar-refractivity contribution in [2.45, 2.75) is 19.8 Å². The van der Waals surface area contributed by atoms with E-state index in [-0.39, 0.29) is 0 Å². The molecule has 3 heterocycles. The van der Waals surface area contributed by atoms with Gasteiger partial charge in [0.25, 0.3) is 5.56 Å². The molecule has 0 bridgehead atoms. The largest absolute Gasteiger partial charge is 0.370 e.